The van der Waals surface area contributed by atoms with E-state index in [0.717, 1.165) is 35.8 Å². The summed E-state index contributed by atoms with van der Waals surface area (Å²) in [7, 11) is 0. The molecule has 39 heavy (non-hydrogen) atoms. The predicted molar refractivity (Wildman–Crippen MR) is 152 cm³/mol. The molecule has 0 aliphatic rings. The van der Waals surface area contributed by atoms with Crippen LogP contribution < -0.4 is 20.2 Å². The molecule has 3 aromatic carbocycles. The van der Waals surface area contributed by atoms with Crippen molar-refractivity contribution in [2.45, 2.75) is 25.9 Å². The standard InChI is InChI=1S/C29H32N6O3S/c1-4-34(5-2)24-13-12-22(26(36)18-24)19-30-31-27(37)20-39-29-33-32-28(21-10-8-7-9-11-21)35(29)23-14-16-25(17-15-23)38-6-3/h7-19,36H,4-6,20H2,1-3H3,(H,31,37). The third kappa shape index (κ3) is 7.04. The van der Waals surface area contributed by atoms with E-state index in [1.165, 1.54) is 22.9 Å². The Morgan fingerprint density at radius 3 is 2.46 bits per heavy atom. The molecule has 0 atom stereocenters. The van der Waals surface area contributed by atoms with Gasteiger partial charge >= 0.3 is 0 Å². The maximum Gasteiger partial charge on any atom is 0.250 e. The second-order valence-electron chi connectivity index (χ2n) is 8.58. The van der Waals surface area contributed by atoms with Crippen LogP contribution in [0.15, 0.2) is 83.1 Å². The van der Waals surface area contributed by atoms with Gasteiger partial charge in [0, 0.05) is 11.3 Å². The molecule has 1 aromatic heterocycles. The van der Waals surface area contributed by atoms with Gasteiger partial charge in [0.15, 0.2) is 11.0 Å². The monoisotopic (exact) mass is 544 g/mol. The summed E-state index contributed by atoms with van der Waals surface area (Å²) in [5, 5.41) is 25.8. The Morgan fingerprint density at radius 2 is 1.79 bits per heavy atom. The van der Waals surface area contributed by atoms with Crippen molar-refractivity contribution in [1.82, 2.24) is 20.2 Å². The molecule has 0 fully saturated rings. The fourth-order valence-electron chi connectivity index (χ4n) is 4.08. The van der Waals surface area contributed by atoms with E-state index in [1.54, 1.807) is 12.1 Å². The number of amides is 1. The van der Waals surface area contributed by atoms with Gasteiger partial charge in [-0.25, -0.2) is 5.43 Å². The molecule has 10 heteroatoms. The number of hydrogen-bond acceptors (Lipinski definition) is 7. The summed E-state index contributed by atoms with van der Waals surface area (Å²) in [5.74, 6) is 1.05. The third-order valence-corrected chi connectivity index (χ3v) is 7.00. The minimum atomic E-state index is -0.324. The molecule has 0 aliphatic carbocycles. The molecule has 1 amide bonds. The molecular weight excluding hydrogens is 512 g/mol. The summed E-state index contributed by atoms with van der Waals surface area (Å²) in [6.07, 6.45) is 1.38. The van der Waals surface area contributed by atoms with Gasteiger partial charge in [0.05, 0.1) is 31.7 Å². The molecule has 9 nitrogen and oxygen atoms in total. The molecule has 0 radical (unpaired) electrons. The van der Waals surface area contributed by atoms with Gasteiger partial charge in [-0.2, -0.15) is 5.10 Å². The summed E-state index contributed by atoms with van der Waals surface area (Å²) in [4.78, 5) is 13.8. The highest BCUT2D eigenvalue weighted by molar-refractivity contribution is 7.99. The van der Waals surface area contributed by atoms with E-state index in [1.807, 2.05) is 72.2 Å². The topological polar surface area (TPSA) is 109 Å². The van der Waals surface area contributed by atoms with Gasteiger partial charge in [0.25, 0.3) is 5.91 Å². The molecule has 4 rings (SSSR count). The molecule has 0 aliphatic heterocycles. The average Bonchev–Trinajstić information content (AvgIpc) is 3.39. The fourth-order valence-corrected chi connectivity index (χ4v) is 4.83. The highest BCUT2D eigenvalue weighted by Gasteiger charge is 2.17. The van der Waals surface area contributed by atoms with Crippen LogP contribution in [0, 0.1) is 0 Å². The fraction of sp³-hybridized carbons (Fsp3) is 0.241. The number of ether oxygens (including phenoxy) is 1. The van der Waals surface area contributed by atoms with Gasteiger partial charge in [-0.05, 0) is 68.8 Å². The van der Waals surface area contributed by atoms with Gasteiger partial charge in [-0.3, -0.25) is 9.36 Å². The summed E-state index contributed by atoms with van der Waals surface area (Å²) in [6, 6.07) is 22.7. The minimum Gasteiger partial charge on any atom is -0.872 e. The van der Waals surface area contributed by atoms with Crippen LogP contribution in [0.1, 0.15) is 26.3 Å². The molecule has 202 valence electrons. The van der Waals surface area contributed by atoms with Crippen LogP contribution in [-0.4, -0.2) is 52.3 Å². The van der Waals surface area contributed by atoms with Crippen molar-refractivity contribution in [1.29, 1.82) is 0 Å². The van der Waals surface area contributed by atoms with E-state index in [2.05, 4.69) is 34.6 Å². The van der Waals surface area contributed by atoms with Crippen LogP contribution in [0.3, 0.4) is 0 Å². The first-order valence-electron chi connectivity index (χ1n) is 12.9. The number of hydrazone groups is 1. The lowest BCUT2D eigenvalue weighted by Gasteiger charge is -2.18. The number of hydrogen-bond donors (Lipinski definition) is 2. The molecular formula is C29H32N6O3S. The Balaban J connectivity index is 1.45. The van der Waals surface area contributed by atoms with E-state index in [0.29, 0.717) is 23.2 Å². The van der Waals surface area contributed by atoms with Crippen molar-refractivity contribution >= 4 is 29.6 Å². The maximum atomic E-state index is 12.6. The highest BCUT2D eigenvalue weighted by Crippen LogP contribution is 2.28. The lowest BCUT2D eigenvalue weighted by Crippen LogP contribution is -3.06. The molecule has 0 bridgehead atoms. The third-order valence-electron chi connectivity index (χ3n) is 6.07. The zero-order valence-corrected chi connectivity index (χ0v) is 23.1. The van der Waals surface area contributed by atoms with Gasteiger partial charge in [0.2, 0.25) is 0 Å². The number of carbonyl (C=O) groups is 1. The number of nitrogens with zero attached hydrogens (tertiary/aromatic N) is 4. The maximum absolute atomic E-state index is 12.6. The Hall–Kier alpha value is -4.15. The number of quaternary nitrogens is 1. The average molecular weight is 545 g/mol. The second-order valence-corrected chi connectivity index (χ2v) is 9.52. The zero-order valence-electron chi connectivity index (χ0n) is 22.3. The number of thioether (sulfide) groups is 1. The van der Waals surface area contributed by atoms with Crippen LogP contribution in [0.5, 0.6) is 11.5 Å². The second kappa shape index (κ2) is 13.6. The first kappa shape index (κ1) is 27.9. The number of nitrogens with one attached hydrogen (secondary N) is 2. The SMILES string of the molecule is CCOc1ccc(-n2c(SCC(=O)NN=Cc3ccc([NH+](CC)CC)cc3[O-])nnc2-c2ccccc2)cc1. The molecule has 0 saturated carbocycles. The Morgan fingerprint density at radius 1 is 1.05 bits per heavy atom. The largest absolute Gasteiger partial charge is 0.872 e. The molecule has 0 saturated heterocycles. The first-order valence-corrected chi connectivity index (χ1v) is 13.9. The van der Waals surface area contributed by atoms with E-state index in [-0.39, 0.29) is 17.4 Å². The van der Waals surface area contributed by atoms with Gasteiger partial charge in [-0.1, -0.05) is 47.8 Å². The molecule has 1 heterocycles. The van der Waals surface area contributed by atoms with Crippen molar-refractivity contribution in [2.75, 3.05) is 25.4 Å². The molecule has 4 aromatic rings. The highest BCUT2D eigenvalue weighted by atomic mass is 32.2. The van der Waals surface area contributed by atoms with Crippen molar-refractivity contribution in [3.05, 3.63) is 78.4 Å². The summed E-state index contributed by atoms with van der Waals surface area (Å²) < 4.78 is 7.49. The number of rotatable bonds is 12. The van der Waals surface area contributed by atoms with Crippen LogP contribution >= 0.6 is 11.8 Å². The number of aromatic nitrogens is 3. The number of benzene rings is 3. The van der Waals surface area contributed by atoms with Crippen LogP contribution in [0.4, 0.5) is 5.69 Å². The number of carbonyl (C=O) groups excluding carboxylic acids is 1. The van der Waals surface area contributed by atoms with Crippen LogP contribution in [-0.2, 0) is 4.79 Å². The quantitative estimate of drug-likeness (QED) is 0.161. The molecule has 2 N–H and O–H groups in total. The summed E-state index contributed by atoms with van der Waals surface area (Å²) >= 11 is 1.25. The normalized spacial score (nSPS) is 11.3. The predicted octanol–water partition coefficient (Wildman–Crippen LogP) is 3.21. The Labute approximate surface area is 232 Å². The van der Waals surface area contributed by atoms with Crippen LogP contribution in [0.25, 0.3) is 17.1 Å². The van der Waals surface area contributed by atoms with Gasteiger partial charge in [-0.15, -0.1) is 10.2 Å². The smallest absolute Gasteiger partial charge is 0.250 e. The van der Waals surface area contributed by atoms with E-state index < -0.39 is 0 Å². The lowest BCUT2D eigenvalue weighted by atomic mass is 10.2. The first-order chi connectivity index (χ1) is 19.0. The molecule has 0 unspecified atom stereocenters. The molecule has 0 spiro atoms. The Kier molecular flexibility index (Phi) is 9.71. The van der Waals surface area contributed by atoms with E-state index in [9.17, 15) is 9.90 Å². The van der Waals surface area contributed by atoms with Crippen LogP contribution in [0.2, 0.25) is 0 Å². The Bertz CT molecular complexity index is 1400. The van der Waals surface area contributed by atoms with E-state index >= 15 is 0 Å². The van der Waals surface area contributed by atoms with Crippen molar-refractivity contribution < 1.29 is 19.5 Å². The van der Waals surface area contributed by atoms with Gasteiger partial charge < -0.3 is 14.7 Å². The van der Waals surface area contributed by atoms with Crippen molar-refractivity contribution in [3.63, 3.8) is 0 Å². The summed E-state index contributed by atoms with van der Waals surface area (Å²) in [5.41, 5.74) is 5.62. The lowest BCUT2D eigenvalue weighted by molar-refractivity contribution is -0.828. The van der Waals surface area contributed by atoms with Gasteiger partial charge in [0.1, 0.15) is 11.4 Å². The van der Waals surface area contributed by atoms with Crippen molar-refractivity contribution in [3.8, 4) is 28.6 Å². The summed E-state index contributed by atoms with van der Waals surface area (Å²) in [6.45, 7) is 8.48. The van der Waals surface area contributed by atoms with E-state index in [4.69, 9.17) is 4.74 Å². The minimum absolute atomic E-state index is 0.0653. The van der Waals surface area contributed by atoms with Crippen molar-refractivity contribution in [2.24, 2.45) is 5.10 Å². The zero-order chi connectivity index (χ0) is 27.6.